The van der Waals surface area contributed by atoms with Gasteiger partial charge in [-0.1, -0.05) is 0 Å². The third-order valence-electron chi connectivity index (χ3n) is 1.99. The number of nitrogens with two attached hydrogens (primary N) is 1. The summed E-state index contributed by atoms with van der Waals surface area (Å²) in [6.07, 6.45) is 3.95. The Bertz CT molecular complexity index is 333. The summed E-state index contributed by atoms with van der Waals surface area (Å²) < 4.78 is 0. The minimum atomic E-state index is -0.434. The molecule has 0 bridgehead atoms. The van der Waals surface area contributed by atoms with Crippen LogP contribution in [0.1, 0.15) is 23.2 Å². The predicted octanol–water partition coefficient (Wildman–Crippen LogP) is 0.755. The van der Waals surface area contributed by atoms with E-state index in [1.807, 2.05) is 0 Å². The summed E-state index contributed by atoms with van der Waals surface area (Å²) in [4.78, 5) is 15.0. The van der Waals surface area contributed by atoms with Crippen molar-refractivity contribution in [2.24, 2.45) is 5.73 Å². The van der Waals surface area contributed by atoms with E-state index < -0.39 is 5.91 Å². The number of anilines is 1. The fourth-order valence-electron chi connectivity index (χ4n) is 1.14. The van der Waals surface area contributed by atoms with Crippen molar-refractivity contribution in [3.05, 3.63) is 23.9 Å². The van der Waals surface area contributed by atoms with Crippen molar-refractivity contribution < 1.29 is 4.79 Å². The summed E-state index contributed by atoms with van der Waals surface area (Å²) in [5.74, 6) is 0.175. The molecule has 1 aromatic rings. The lowest BCUT2D eigenvalue weighted by Gasteiger charge is -2.06. The highest BCUT2D eigenvalue weighted by Crippen LogP contribution is 2.24. The molecule has 0 unspecified atom stereocenters. The lowest BCUT2D eigenvalue weighted by Crippen LogP contribution is -2.16. The second kappa shape index (κ2) is 3.05. The van der Waals surface area contributed by atoms with Gasteiger partial charge in [-0.3, -0.25) is 4.79 Å². The number of nitrogens with one attached hydrogen (secondary N) is 1. The molecule has 0 spiro atoms. The second-order valence-electron chi connectivity index (χ2n) is 3.18. The Labute approximate surface area is 76.2 Å². The first kappa shape index (κ1) is 8.04. The van der Waals surface area contributed by atoms with Crippen LogP contribution in [0.2, 0.25) is 0 Å². The third kappa shape index (κ3) is 1.77. The number of rotatable bonds is 3. The molecular formula is C9H11N3O. The standard InChI is InChI=1S/C9H11N3O/c10-8(13)7-2-1-5-11-9(7)12-6-3-4-6/h1-2,5-6H,3-4H2,(H2,10,13)(H,11,12). The molecule has 0 radical (unpaired) electrons. The number of hydrogen-bond acceptors (Lipinski definition) is 3. The van der Waals surface area contributed by atoms with Gasteiger partial charge in [0.1, 0.15) is 5.82 Å². The first-order chi connectivity index (χ1) is 6.27. The molecule has 2 rings (SSSR count). The van der Waals surface area contributed by atoms with Gasteiger partial charge in [-0.15, -0.1) is 0 Å². The van der Waals surface area contributed by atoms with E-state index in [0.29, 0.717) is 17.4 Å². The predicted molar refractivity (Wildman–Crippen MR) is 49.4 cm³/mol. The minimum Gasteiger partial charge on any atom is -0.367 e. The van der Waals surface area contributed by atoms with Gasteiger partial charge in [-0.05, 0) is 25.0 Å². The largest absolute Gasteiger partial charge is 0.367 e. The number of carbonyl (C=O) groups excluding carboxylic acids is 1. The molecule has 0 atom stereocenters. The highest BCUT2D eigenvalue weighted by atomic mass is 16.1. The molecule has 1 heterocycles. The van der Waals surface area contributed by atoms with E-state index in [2.05, 4.69) is 10.3 Å². The number of nitrogens with zero attached hydrogens (tertiary/aromatic N) is 1. The maximum atomic E-state index is 11.0. The SMILES string of the molecule is NC(=O)c1cccnc1NC1CC1. The molecule has 1 fully saturated rings. The van der Waals surface area contributed by atoms with Crippen LogP contribution in [0.4, 0.5) is 5.82 Å². The van der Waals surface area contributed by atoms with Crippen molar-refractivity contribution in [1.82, 2.24) is 4.98 Å². The van der Waals surface area contributed by atoms with Crippen LogP contribution >= 0.6 is 0 Å². The molecular weight excluding hydrogens is 166 g/mol. The zero-order valence-electron chi connectivity index (χ0n) is 7.16. The quantitative estimate of drug-likeness (QED) is 0.716. The van der Waals surface area contributed by atoms with Crippen LogP contribution in [0, 0.1) is 0 Å². The maximum Gasteiger partial charge on any atom is 0.252 e. The summed E-state index contributed by atoms with van der Waals surface area (Å²) in [6.45, 7) is 0. The van der Waals surface area contributed by atoms with Crippen molar-refractivity contribution >= 4 is 11.7 Å². The molecule has 4 nitrogen and oxygen atoms in total. The molecule has 1 aliphatic rings. The lowest BCUT2D eigenvalue weighted by atomic mass is 10.2. The van der Waals surface area contributed by atoms with Crippen LogP contribution < -0.4 is 11.1 Å². The van der Waals surface area contributed by atoms with Crippen molar-refractivity contribution in [2.45, 2.75) is 18.9 Å². The second-order valence-corrected chi connectivity index (χ2v) is 3.18. The van der Waals surface area contributed by atoms with Crippen molar-refractivity contribution in [3.63, 3.8) is 0 Å². The lowest BCUT2D eigenvalue weighted by molar-refractivity contribution is 0.100. The van der Waals surface area contributed by atoms with Crippen LogP contribution in [0.15, 0.2) is 18.3 Å². The van der Waals surface area contributed by atoms with E-state index in [9.17, 15) is 4.79 Å². The van der Waals surface area contributed by atoms with Crippen LogP contribution in [0.25, 0.3) is 0 Å². The molecule has 0 saturated heterocycles. The Kier molecular flexibility index (Phi) is 1.88. The number of hydrogen-bond donors (Lipinski definition) is 2. The van der Waals surface area contributed by atoms with E-state index in [4.69, 9.17) is 5.73 Å². The summed E-state index contributed by atoms with van der Waals surface area (Å²) in [6, 6.07) is 3.87. The Hall–Kier alpha value is -1.58. The monoisotopic (exact) mass is 177 g/mol. The van der Waals surface area contributed by atoms with Crippen LogP contribution in [-0.2, 0) is 0 Å². The van der Waals surface area contributed by atoms with Gasteiger partial charge in [0.25, 0.3) is 5.91 Å². The maximum absolute atomic E-state index is 11.0. The molecule has 1 aromatic heterocycles. The van der Waals surface area contributed by atoms with Gasteiger partial charge in [0.05, 0.1) is 5.56 Å². The first-order valence-electron chi connectivity index (χ1n) is 4.29. The normalized spacial score (nSPS) is 15.4. The molecule has 0 aliphatic heterocycles. The van der Waals surface area contributed by atoms with Crippen LogP contribution in [0.5, 0.6) is 0 Å². The molecule has 4 heteroatoms. The van der Waals surface area contributed by atoms with E-state index in [1.54, 1.807) is 18.3 Å². The van der Waals surface area contributed by atoms with Gasteiger partial charge >= 0.3 is 0 Å². The smallest absolute Gasteiger partial charge is 0.252 e. The van der Waals surface area contributed by atoms with Crippen molar-refractivity contribution in [1.29, 1.82) is 0 Å². The molecule has 0 aromatic carbocycles. The fraction of sp³-hybridized carbons (Fsp3) is 0.333. The molecule has 1 aliphatic carbocycles. The molecule has 1 saturated carbocycles. The average Bonchev–Trinajstić information content (AvgIpc) is 2.89. The van der Waals surface area contributed by atoms with Gasteiger partial charge in [0, 0.05) is 12.2 Å². The Balaban J connectivity index is 2.25. The summed E-state index contributed by atoms with van der Waals surface area (Å²) in [5, 5.41) is 3.15. The zero-order valence-corrected chi connectivity index (χ0v) is 7.16. The number of carbonyl (C=O) groups is 1. The van der Waals surface area contributed by atoms with Gasteiger partial charge in [0.15, 0.2) is 0 Å². The Morgan fingerprint density at radius 1 is 1.62 bits per heavy atom. The topological polar surface area (TPSA) is 68.0 Å². The van der Waals surface area contributed by atoms with Crippen molar-refractivity contribution in [2.75, 3.05) is 5.32 Å². The van der Waals surface area contributed by atoms with Crippen LogP contribution in [0.3, 0.4) is 0 Å². The molecule has 3 N–H and O–H groups in total. The van der Waals surface area contributed by atoms with Gasteiger partial charge < -0.3 is 11.1 Å². The number of amides is 1. The highest BCUT2D eigenvalue weighted by molar-refractivity contribution is 5.97. The number of pyridine rings is 1. The fourth-order valence-corrected chi connectivity index (χ4v) is 1.14. The third-order valence-corrected chi connectivity index (χ3v) is 1.99. The van der Waals surface area contributed by atoms with E-state index in [-0.39, 0.29) is 0 Å². The average molecular weight is 177 g/mol. The Morgan fingerprint density at radius 2 is 2.38 bits per heavy atom. The van der Waals surface area contributed by atoms with Gasteiger partial charge in [0.2, 0.25) is 0 Å². The van der Waals surface area contributed by atoms with Crippen LogP contribution in [-0.4, -0.2) is 16.9 Å². The van der Waals surface area contributed by atoms with E-state index in [0.717, 1.165) is 12.8 Å². The molecule has 68 valence electrons. The summed E-state index contributed by atoms with van der Waals surface area (Å²) in [7, 11) is 0. The van der Waals surface area contributed by atoms with Gasteiger partial charge in [-0.25, -0.2) is 4.98 Å². The minimum absolute atomic E-state index is 0.434. The molecule has 13 heavy (non-hydrogen) atoms. The van der Waals surface area contributed by atoms with Gasteiger partial charge in [-0.2, -0.15) is 0 Å². The summed E-state index contributed by atoms with van der Waals surface area (Å²) >= 11 is 0. The molecule has 1 amide bonds. The summed E-state index contributed by atoms with van der Waals surface area (Å²) in [5.41, 5.74) is 5.66. The zero-order chi connectivity index (χ0) is 9.26. The first-order valence-corrected chi connectivity index (χ1v) is 4.29. The number of aromatic nitrogens is 1. The number of primary amides is 1. The van der Waals surface area contributed by atoms with Crippen molar-refractivity contribution in [3.8, 4) is 0 Å². The van der Waals surface area contributed by atoms with E-state index >= 15 is 0 Å². The van der Waals surface area contributed by atoms with E-state index in [1.165, 1.54) is 0 Å². The highest BCUT2D eigenvalue weighted by Gasteiger charge is 2.23. The Morgan fingerprint density at radius 3 is 3.00 bits per heavy atom.